The van der Waals surface area contributed by atoms with Gasteiger partial charge in [-0.1, -0.05) is 22.0 Å². The summed E-state index contributed by atoms with van der Waals surface area (Å²) in [5, 5.41) is 5.68. The lowest BCUT2D eigenvalue weighted by Gasteiger charge is -2.08. The van der Waals surface area contributed by atoms with Crippen LogP contribution in [0.3, 0.4) is 0 Å². The van der Waals surface area contributed by atoms with Crippen LogP contribution in [-0.4, -0.2) is 32.7 Å². The van der Waals surface area contributed by atoms with Crippen molar-refractivity contribution >= 4 is 34.2 Å². The fraction of sp³-hybridized carbons (Fsp3) is 0.417. The van der Waals surface area contributed by atoms with E-state index in [0.717, 1.165) is 5.56 Å². The summed E-state index contributed by atoms with van der Waals surface area (Å²) in [6.45, 7) is 1.80. The van der Waals surface area contributed by atoms with Gasteiger partial charge in [0.25, 0.3) is 0 Å². The van der Waals surface area contributed by atoms with E-state index < -0.39 is 0 Å². The summed E-state index contributed by atoms with van der Waals surface area (Å²) < 4.78 is 18.3. The average Bonchev–Trinajstić information content (AvgIpc) is 2.33. The van der Waals surface area contributed by atoms with E-state index in [1.54, 1.807) is 13.2 Å². The van der Waals surface area contributed by atoms with Crippen LogP contribution in [0.5, 0.6) is 0 Å². The summed E-state index contributed by atoms with van der Waals surface area (Å²) in [5.41, 5.74) is 0.835. The molecule has 1 aromatic rings. The number of methoxy groups -OCH3 is 1. The van der Waals surface area contributed by atoms with Crippen molar-refractivity contribution in [2.75, 3.05) is 26.8 Å². The molecule has 0 unspecified atom stereocenters. The fourth-order valence-electron chi connectivity index (χ4n) is 1.30. The lowest BCUT2D eigenvalue weighted by molar-refractivity contribution is -0.120. The Balaban J connectivity index is 0.00000324. The first-order valence-corrected chi connectivity index (χ1v) is 6.33. The number of nitrogens with one attached hydrogen (secondary N) is 2. The fourth-order valence-corrected chi connectivity index (χ4v) is 1.79. The average molecular weight is 356 g/mol. The molecule has 2 N–H and O–H groups in total. The third-order valence-electron chi connectivity index (χ3n) is 2.26. The first-order chi connectivity index (χ1) is 8.63. The number of ether oxygens (including phenoxy) is 1. The molecule has 0 aliphatic heterocycles. The molecule has 0 saturated heterocycles. The molecule has 1 aromatic carbocycles. The molecule has 0 aromatic heterocycles. The second-order valence-electron chi connectivity index (χ2n) is 3.68. The van der Waals surface area contributed by atoms with Gasteiger partial charge in [0.2, 0.25) is 5.91 Å². The number of halogens is 3. The molecule has 0 aliphatic rings. The lowest BCUT2D eigenvalue weighted by atomic mass is 10.2. The number of hydrogen-bond donors (Lipinski definition) is 2. The van der Waals surface area contributed by atoms with Crippen LogP contribution in [0.4, 0.5) is 4.39 Å². The summed E-state index contributed by atoms with van der Waals surface area (Å²) in [5.74, 6) is -0.416. The molecule has 0 radical (unpaired) electrons. The normalized spacial score (nSPS) is 9.84. The Morgan fingerprint density at radius 3 is 2.84 bits per heavy atom. The molecule has 0 spiro atoms. The van der Waals surface area contributed by atoms with Gasteiger partial charge in [-0.15, -0.1) is 12.4 Å². The molecular weight excluding hydrogens is 338 g/mol. The van der Waals surface area contributed by atoms with E-state index in [2.05, 4.69) is 26.6 Å². The van der Waals surface area contributed by atoms with Crippen molar-refractivity contribution in [3.05, 3.63) is 34.1 Å². The smallest absolute Gasteiger partial charge is 0.234 e. The maximum absolute atomic E-state index is 12.8. The molecule has 0 fully saturated rings. The van der Waals surface area contributed by atoms with Crippen LogP contribution in [0, 0.1) is 5.82 Å². The molecule has 1 amide bonds. The van der Waals surface area contributed by atoms with E-state index in [4.69, 9.17) is 4.74 Å². The maximum atomic E-state index is 12.8. The highest BCUT2D eigenvalue weighted by atomic mass is 79.9. The van der Waals surface area contributed by atoms with Crippen LogP contribution in [0.1, 0.15) is 5.56 Å². The van der Waals surface area contributed by atoms with Gasteiger partial charge in [0.05, 0.1) is 13.2 Å². The Bertz CT molecular complexity index is 407. The third-order valence-corrected chi connectivity index (χ3v) is 3.00. The number of hydrogen-bond acceptors (Lipinski definition) is 3. The predicted octanol–water partition coefficient (Wildman–Crippen LogP) is 1.86. The van der Waals surface area contributed by atoms with E-state index in [1.807, 2.05) is 0 Å². The maximum Gasteiger partial charge on any atom is 0.234 e. The molecule has 0 saturated carbocycles. The number of rotatable bonds is 7. The monoisotopic (exact) mass is 354 g/mol. The molecule has 108 valence electrons. The van der Waals surface area contributed by atoms with Crippen LogP contribution in [0.15, 0.2) is 22.7 Å². The zero-order valence-electron chi connectivity index (χ0n) is 10.5. The Morgan fingerprint density at radius 1 is 1.47 bits per heavy atom. The van der Waals surface area contributed by atoms with Gasteiger partial charge in [0, 0.05) is 24.7 Å². The summed E-state index contributed by atoms with van der Waals surface area (Å²) in [4.78, 5) is 11.5. The minimum atomic E-state index is -0.307. The summed E-state index contributed by atoms with van der Waals surface area (Å²) >= 11 is 3.25. The van der Waals surface area contributed by atoms with E-state index in [0.29, 0.717) is 24.2 Å². The second kappa shape index (κ2) is 10.1. The van der Waals surface area contributed by atoms with Gasteiger partial charge in [-0.25, -0.2) is 4.39 Å². The Kier molecular flexibility index (Phi) is 9.77. The highest BCUT2D eigenvalue weighted by molar-refractivity contribution is 9.10. The minimum absolute atomic E-state index is 0. The van der Waals surface area contributed by atoms with E-state index in [1.165, 1.54) is 12.1 Å². The van der Waals surface area contributed by atoms with Crippen LogP contribution in [-0.2, 0) is 16.1 Å². The van der Waals surface area contributed by atoms with Gasteiger partial charge in [-0.05, 0) is 17.7 Å². The van der Waals surface area contributed by atoms with Crippen molar-refractivity contribution in [2.24, 2.45) is 0 Å². The van der Waals surface area contributed by atoms with Crippen molar-refractivity contribution in [3.63, 3.8) is 0 Å². The standard InChI is InChI=1S/C12H16BrFN2O2.ClH/c1-18-5-4-15-8-12(17)16-7-9-2-3-10(14)6-11(9)13;/h2-3,6,15H,4-5,7-8H2,1H3,(H,16,17);1H. The highest BCUT2D eigenvalue weighted by Crippen LogP contribution is 2.17. The Labute approximate surface area is 126 Å². The number of carbonyl (C=O) groups is 1. The molecule has 0 heterocycles. The van der Waals surface area contributed by atoms with Gasteiger partial charge in [-0.3, -0.25) is 4.79 Å². The first kappa shape index (κ1) is 18.3. The van der Waals surface area contributed by atoms with Crippen molar-refractivity contribution in [3.8, 4) is 0 Å². The highest BCUT2D eigenvalue weighted by Gasteiger charge is 2.04. The Morgan fingerprint density at radius 2 is 2.21 bits per heavy atom. The number of carbonyl (C=O) groups excluding carboxylic acids is 1. The SMILES string of the molecule is COCCNCC(=O)NCc1ccc(F)cc1Br.Cl. The molecule has 0 bridgehead atoms. The van der Waals surface area contributed by atoms with Crippen LogP contribution in [0.25, 0.3) is 0 Å². The summed E-state index contributed by atoms with van der Waals surface area (Å²) in [7, 11) is 1.60. The van der Waals surface area contributed by atoms with E-state index in [-0.39, 0.29) is 30.7 Å². The topological polar surface area (TPSA) is 50.4 Å². The second-order valence-corrected chi connectivity index (χ2v) is 4.54. The van der Waals surface area contributed by atoms with Crippen molar-refractivity contribution in [1.82, 2.24) is 10.6 Å². The molecular formula is C12H17BrClFN2O2. The predicted molar refractivity (Wildman–Crippen MR) is 77.9 cm³/mol. The molecule has 4 nitrogen and oxygen atoms in total. The molecule has 1 rings (SSSR count). The van der Waals surface area contributed by atoms with Crippen LogP contribution < -0.4 is 10.6 Å². The Hall–Kier alpha value is -0.690. The van der Waals surface area contributed by atoms with Crippen molar-refractivity contribution < 1.29 is 13.9 Å². The first-order valence-electron chi connectivity index (χ1n) is 5.53. The minimum Gasteiger partial charge on any atom is -0.383 e. The molecule has 0 atom stereocenters. The largest absolute Gasteiger partial charge is 0.383 e. The van der Waals surface area contributed by atoms with Gasteiger partial charge in [0.15, 0.2) is 0 Å². The zero-order chi connectivity index (χ0) is 13.4. The van der Waals surface area contributed by atoms with E-state index in [9.17, 15) is 9.18 Å². The van der Waals surface area contributed by atoms with Gasteiger partial charge in [-0.2, -0.15) is 0 Å². The van der Waals surface area contributed by atoms with Crippen molar-refractivity contribution in [2.45, 2.75) is 6.54 Å². The summed E-state index contributed by atoms with van der Waals surface area (Å²) in [6, 6.07) is 4.37. The van der Waals surface area contributed by atoms with Gasteiger partial charge < -0.3 is 15.4 Å². The number of amides is 1. The third kappa shape index (κ3) is 7.47. The van der Waals surface area contributed by atoms with Crippen LogP contribution >= 0.6 is 28.3 Å². The molecule has 7 heteroatoms. The quantitative estimate of drug-likeness (QED) is 0.734. The van der Waals surface area contributed by atoms with Gasteiger partial charge in [0.1, 0.15) is 5.82 Å². The lowest BCUT2D eigenvalue weighted by Crippen LogP contribution is -2.34. The zero-order valence-corrected chi connectivity index (χ0v) is 12.9. The van der Waals surface area contributed by atoms with Crippen molar-refractivity contribution in [1.29, 1.82) is 0 Å². The summed E-state index contributed by atoms with van der Waals surface area (Å²) in [6.07, 6.45) is 0. The van der Waals surface area contributed by atoms with E-state index >= 15 is 0 Å². The molecule has 19 heavy (non-hydrogen) atoms. The van der Waals surface area contributed by atoms with Gasteiger partial charge >= 0.3 is 0 Å². The number of benzene rings is 1. The van der Waals surface area contributed by atoms with Crippen LogP contribution in [0.2, 0.25) is 0 Å². The molecule has 0 aliphatic carbocycles.